The summed E-state index contributed by atoms with van der Waals surface area (Å²) < 4.78 is 0. The molecule has 2 rings (SSSR count). The number of benzene rings is 1. The number of likely N-dealkylation sites (tertiary alicyclic amines) is 1. The third-order valence-corrected chi connectivity index (χ3v) is 4.44. The minimum absolute atomic E-state index is 0. The first-order valence-corrected chi connectivity index (χ1v) is 7.92. The van der Waals surface area contributed by atoms with Crippen LogP contribution in [0.15, 0.2) is 30.3 Å². The van der Waals surface area contributed by atoms with Gasteiger partial charge in [0.05, 0.1) is 6.04 Å². The lowest BCUT2D eigenvalue weighted by atomic mass is 10.0. The van der Waals surface area contributed by atoms with Gasteiger partial charge in [-0.05, 0) is 38.4 Å². The maximum Gasteiger partial charge on any atom is 0.224 e. The van der Waals surface area contributed by atoms with Gasteiger partial charge in [-0.1, -0.05) is 37.3 Å². The van der Waals surface area contributed by atoms with Crippen LogP contribution in [-0.2, 0) is 4.79 Å². The van der Waals surface area contributed by atoms with Crippen LogP contribution in [0.5, 0.6) is 0 Å². The summed E-state index contributed by atoms with van der Waals surface area (Å²) >= 11 is 0. The Kier molecular flexibility index (Phi) is 10.5. The van der Waals surface area contributed by atoms with Gasteiger partial charge in [0.1, 0.15) is 0 Å². The molecule has 1 aromatic carbocycles. The van der Waals surface area contributed by atoms with Crippen LogP contribution in [0.25, 0.3) is 0 Å². The zero-order valence-corrected chi connectivity index (χ0v) is 15.5. The van der Waals surface area contributed by atoms with E-state index in [0.29, 0.717) is 6.54 Å². The zero-order chi connectivity index (χ0) is 15.2. The van der Waals surface area contributed by atoms with Gasteiger partial charge in [0.25, 0.3) is 0 Å². The number of rotatable bonds is 6. The number of hydrogen-bond donors (Lipinski definition) is 2. The van der Waals surface area contributed by atoms with Gasteiger partial charge in [-0.25, -0.2) is 0 Å². The summed E-state index contributed by atoms with van der Waals surface area (Å²) in [6, 6.07) is 10.6. The summed E-state index contributed by atoms with van der Waals surface area (Å²) in [5.74, 6) is -0.106. The smallest absolute Gasteiger partial charge is 0.224 e. The second-order valence-electron chi connectivity index (χ2n) is 6.06. The fourth-order valence-corrected chi connectivity index (χ4v) is 2.78. The Hall–Kier alpha value is -0.810. The SMILES string of the molecule is CC(N)C(C)C(=O)NCC(c1ccccc1)N1CCCC1.Cl.Cl. The minimum atomic E-state index is -0.153. The third-order valence-electron chi connectivity index (χ3n) is 4.44. The Labute approximate surface area is 152 Å². The molecule has 0 aliphatic carbocycles. The maximum absolute atomic E-state index is 12.1. The van der Waals surface area contributed by atoms with E-state index in [0.717, 1.165) is 13.1 Å². The Bertz CT molecular complexity index is 450. The van der Waals surface area contributed by atoms with E-state index in [4.69, 9.17) is 5.73 Å². The Balaban J connectivity index is 0.00000242. The van der Waals surface area contributed by atoms with Gasteiger partial charge in [0, 0.05) is 18.5 Å². The van der Waals surface area contributed by atoms with Gasteiger partial charge in [0.2, 0.25) is 5.91 Å². The van der Waals surface area contributed by atoms with Crippen LogP contribution in [0.3, 0.4) is 0 Å². The summed E-state index contributed by atoms with van der Waals surface area (Å²) in [6.45, 7) is 6.63. The first-order chi connectivity index (χ1) is 10.1. The van der Waals surface area contributed by atoms with Gasteiger partial charge in [0.15, 0.2) is 0 Å². The van der Waals surface area contributed by atoms with Crippen molar-refractivity contribution in [2.45, 2.75) is 38.8 Å². The van der Waals surface area contributed by atoms with Crippen molar-refractivity contribution in [3.8, 4) is 0 Å². The molecule has 1 saturated heterocycles. The molecule has 4 nitrogen and oxygen atoms in total. The van der Waals surface area contributed by atoms with E-state index in [1.807, 2.05) is 19.9 Å². The molecule has 3 atom stereocenters. The molecule has 0 spiro atoms. The average Bonchev–Trinajstić information content (AvgIpc) is 3.01. The molecule has 1 aliphatic rings. The maximum atomic E-state index is 12.1. The van der Waals surface area contributed by atoms with E-state index in [-0.39, 0.29) is 48.7 Å². The summed E-state index contributed by atoms with van der Waals surface area (Å²) in [5.41, 5.74) is 7.08. The number of carbonyl (C=O) groups is 1. The molecular weight excluding hydrogens is 333 g/mol. The predicted octanol–water partition coefficient (Wildman–Crippen LogP) is 2.77. The highest BCUT2D eigenvalue weighted by Gasteiger charge is 2.25. The number of halogens is 2. The van der Waals surface area contributed by atoms with E-state index in [1.165, 1.54) is 18.4 Å². The van der Waals surface area contributed by atoms with Gasteiger partial charge in [-0.15, -0.1) is 24.8 Å². The number of nitrogens with zero attached hydrogens (tertiary/aromatic N) is 1. The van der Waals surface area contributed by atoms with Crippen molar-refractivity contribution < 1.29 is 4.79 Å². The van der Waals surface area contributed by atoms with Gasteiger partial charge < -0.3 is 11.1 Å². The fraction of sp³-hybridized carbons (Fsp3) is 0.588. The summed E-state index contributed by atoms with van der Waals surface area (Å²) in [6.07, 6.45) is 2.49. The van der Waals surface area contributed by atoms with Crippen LogP contribution in [-0.4, -0.2) is 36.5 Å². The number of nitrogens with two attached hydrogens (primary N) is 1. The van der Waals surface area contributed by atoms with Gasteiger partial charge in [-0.2, -0.15) is 0 Å². The average molecular weight is 362 g/mol. The van der Waals surface area contributed by atoms with E-state index >= 15 is 0 Å². The highest BCUT2D eigenvalue weighted by Crippen LogP contribution is 2.24. The van der Waals surface area contributed by atoms with E-state index in [1.54, 1.807) is 0 Å². The lowest BCUT2D eigenvalue weighted by molar-refractivity contribution is -0.125. The number of carbonyl (C=O) groups excluding carboxylic acids is 1. The highest BCUT2D eigenvalue weighted by atomic mass is 35.5. The molecule has 6 heteroatoms. The minimum Gasteiger partial charge on any atom is -0.354 e. The third kappa shape index (κ3) is 6.30. The van der Waals surface area contributed by atoms with E-state index < -0.39 is 0 Å². The molecule has 0 radical (unpaired) electrons. The van der Waals surface area contributed by atoms with Crippen molar-refractivity contribution in [3.05, 3.63) is 35.9 Å². The number of amides is 1. The lowest BCUT2D eigenvalue weighted by Crippen LogP contribution is -2.42. The second-order valence-corrected chi connectivity index (χ2v) is 6.06. The lowest BCUT2D eigenvalue weighted by Gasteiger charge is -2.29. The molecule has 0 aromatic heterocycles. The second kappa shape index (κ2) is 10.9. The first kappa shape index (κ1) is 22.2. The monoisotopic (exact) mass is 361 g/mol. The normalized spacial score (nSPS) is 18.2. The molecule has 1 fully saturated rings. The topological polar surface area (TPSA) is 58.4 Å². The van der Waals surface area contributed by atoms with E-state index in [2.05, 4.69) is 34.5 Å². The molecule has 1 amide bonds. The first-order valence-electron chi connectivity index (χ1n) is 7.92. The molecule has 3 unspecified atom stereocenters. The van der Waals surface area contributed by atoms with Crippen molar-refractivity contribution in [1.29, 1.82) is 0 Å². The van der Waals surface area contributed by atoms with Crippen molar-refractivity contribution in [1.82, 2.24) is 10.2 Å². The summed E-state index contributed by atoms with van der Waals surface area (Å²) in [5, 5.41) is 3.08. The largest absolute Gasteiger partial charge is 0.354 e. The highest BCUT2D eigenvalue weighted by molar-refractivity contribution is 5.85. The van der Waals surface area contributed by atoms with Crippen LogP contribution in [0.4, 0.5) is 0 Å². The molecule has 1 aliphatic heterocycles. The van der Waals surface area contributed by atoms with Crippen LogP contribution >= 0.6 is 24.8 Å². The summed E-state index contributed by atoms with van der Waals surface area (Å²) in [4.78, 5) is 14.6. The number of hydrogen-bond acceptors (Lipinski definition) is 3. The van der Waals surface area contributed by atoms with Crippen LogP contribution in [0.2, 0.25) is 0 Å². The molecule has 0 bridgehead atoms. The Morgan fingerprint density at radius 1 is 1.17 bits per heavy atom. The number of nitrogens with one attached hydrogen (secondary N) is 1. The van der Waals surface area contributed by atoms with Crippen molar-refractivity contribution in [3.63, 3.8) is 0 Å². The molecule has 23 heavy (non-hydrogen) atoms. The van der Waals surface area contributed by atoms with Gasteiger partial charge in [-0.3, -0.25) is 9.69 Å². The molecule has 1 aromatic rings. The van der Waals surface area contributed by atoms with Crippen molar-refractivity contribution in [2.24, 2.45) is 11.7 Å². The predicted molar refractivity (Wildman–Crippen MR) is 100 cm³/mol. The quantitative estimate of drug-likeness (QED) is 0.818. The Morgan fingerprint density at radius 3 is 2.26 bits per heavy atom. The molecule has 3 N–H and O–H groups in total. The molecule has 0 saturated carbocycles. The van der Waals surface area contributed by atoms with Crippen LogP contribution < -0.4 is 11.1 Å². The molecular formula is C17H29Cl2N3O. The van der Waals surface area contributed by atoms with Crippen LogP contribution in [0, 0.1) is 5.92 Å². The van der Waals surface area contributed by atoms with Gasteiger partial charge >= 0.3 is 0 Å². The zero-order valence-electron chi connectivity index (χ0n) is 13.9. The van der Waals surface area contributed by atoms with E-state index in [9.17, 15) is 4.79 Å². The Morgan fingerprint density at radius 2 is 1.74 bits per heavy atom. The van der Waals surface area contributed by atoms with Crippen LogP contribution in [0.1, 0.15) is 38.3 Å². The van der Waals surface area contributed by atoms with Crippen molar-refractivity contribution >= 4 is 30.7 Å². The summed E-state index contributed by atoms with van der Waals surface area (Å²) in [7, 11) is 0. The molecule has 1 heterocycles. The molecule has 132 valence electrons. The standard InChI is InChI=1S/C17H27N3O.2ClH/c1-13(14(2)18)17(21)19-12-16(20-10-6-7-11-20)15-8-4-3-5-9-15;;/h3-5,8-9,13-14,16H,6-7,10-12,18H2,1-2H3,(H,19,21);2*1H. The fourth-order valence-electron chi connectivity index (χ4n) is 2.78. The van der Waals surface area contributed by atoms with Crippen molar-refractivity contribution in [2.75, 3.05) is 19.6 Å².